The Morgan fingerprint density at radius 3 is 2.62 bits per heavy atom. The van der Waals surface area contributed by atoms with Gasteiger partial charge in [0.15, 0.2) is 6.29 Å². The SMILES string of the molecule is COc1ccc(C)cc1C1OCC(N)CO1. The second-order valence-electron chi connectivity index (χ2n) is 4.00. The quantitative estimate of drug-likeness (QED) is 0.823. The molecule has 1 heterocycles. The van der Waals surface area contributed by atoms with Crippen LogP contribution in [0.25, 0.3) is 0 Å². The number of hydrogen-bond acceptors (Lipinski definition) is 4. The number of rotatable bonds is 2. The third-order valence-electron chi connectivity index (χ3n) is 2.56. The standard InChI is InChI=1S/C12H17NO3/c1-8-3-4-11(14-2)10(5-8)12-15-6-9(13)7-16-12/h3-5,9,12H,6-7,13H2,1-2H3. The van der Waals surface area contributed by atoms with Crippen molar-refractivity contribution in [2.75, 3.05) is 20.3 Å². The van der Waals surface area contributed by atoms with Crippen molar-refractivity contribution in [1.29, 1.82) is 0 Å². The summed E-state index contributed by atoms with van der Waals surface area (Å²) < 4.78 is 16.4. The molecule has 4 nitrogen and oxygen atoms in total. The second-order valence-corrected chi connectivity index (χ2v) is 4.00. The van der Waals surface area contributed by atoms with E-state index in [9.17, 15) is 0 Å². The minimum Gasteiger partial charge on any atom is -0.496 e. The first-order chi connectivity index (χ1) is 7.70. The fourth-order valence-corrected chi connectivity index (χ4v) is 1.74. The van der Waals surface area contributed by atoms with Gasteiger partial charge in [-0.15, -0.1) is 0 Å². The lowest BCUT2D eigenvalue weighted by Gasteiger charge is -2.28. The maximum atomic E-state index is 5.69. The first kappa shape index (κ1) is 11.4. The van der Waals surface area contributed by atoms with Crippen molar-refractivity contribution in [2.24, 2.45) is 5.73 Å². The van der Waals surface area contributed by atoms with Gasteiger partial charge >= 0.3 is 0 Å². The van der Waals surface area contributed by atoms with Crippen molar-refractivity contribution in [1.82, 2.24) is 0 Å². The van der Waals surface area contributed by atoms with E-state index < -0.39 is 0 Å². The molecule has 1 aliphatic heterocycles. The molecule has 0 spiro atoms. The van der Waals surface area contributed by atoms with Crippen molar-refractivity contribution in [3.63, 3.8) is 0 Å². The van der Waals surface area contributed by atoms with Crippen LogP contribution in [0, 0.1) is 6.92 Å². The van der Waals surface area contributed by atoms with E-state index in [0.29, 0.717) is 13.2 Å². The summed E-state index contributed by atoms with van der Waals surface area (Å²) in [4.78, 5) is 0. The summed E-state index contributed by atoms with van der Waals surface area (Å²) in [6.45, 7) is 3.06. The van der Waals surface area contributed by atoms with E-state index in [1.54, 1.807) is 7.11 Å². The van der Waals surface area contributed by atoms with Crippen molar-refractivity contribution in [3.8, 4) is 5.75 Å². The topological polar surface area (TPSA) is 53.7 Å². The van der Waals surface area contributed by atoms with Crippen LogP contribution in [0.2, 0.25) is 0 Å². The zero-order chi connectivity index (χ0) is 11.5. The number of ether oxygens (including phenoxy) is 3. The van der Waals surface area contributed by atoms with E-state index in [0.717, 1.165) is 16.9 Å². The van der Waals surface area contributed by atoms with Gasteiger partial charge in [0.05, 0.1) is 26.4 Å². The Morgan fingerprint density at radius 1 is 1.31 bits per heavy atom. The molecule has 1 saturated heterocycles. The van der Waals surface area contributed by atoms with Crippen LogP contribution in [-0.2, 0) is 9.47 Å². The van der Waals surface area contributed by atoms with Crippen LogP contribution in [0.3, 0.4) is 0 Å². The van der Waals surface area contributed by atoms with Crippen LogP contribution < -0.4 is 10.5 Å². The van der Waals surface area contributed by atoms with Gasteiger partial charge in [0.25, 0.3) is 0 Å². The molecule has 0 aliphatic carbocycles. The number of aryl methyl sites for hydroxylation is 1. The lowest BCUT2D eigenvalue weighted by Crippen LogP contribution is -2.38. The molecule has 1 aromatic rings. The molecular formula is C12H17NO3. The first-order valence-corrected chi connectivity index (χ1v) is 5.34. The number of methoxy groups -OCH3 is 1. The molecule has 0 radical (unpaired) electrons. The predicted molar refractivity (Wildman–Crippen MR) is 60.4 cm³/mol. The van der Waals surface area contributed by atoms with Gasteiger partial charge in [0.1, 0.15) is 5.75 Å². The van der Waals surface area contributed by atoms with Crippen LogP contribution in [0.1, 0.15) is 17.4 Å². The molecule has 0 aromatic heterocycles. The Bertz CT molecular complexity index is 359. The third-order valence-corrected chi connectivity index (χ3v) is 2.56. The maximum Gasteiger partial charge on any atom is 0.187 e. The van der Waals surface area contributed by atoms with Crippen molar-refractivity contribution in [2.45, 2.75) is 19.3 Å². The Labute approximate surface area is 95.3 Å². The highest BCUT2D eigenvalue weighted by Gasteiger charge is 2.23. The highest BCUT2D eigenvalue weighted by atomic mass is 16.7. The molecule has 1 aliphatic rings. The summed E-state index contributed by atoms with van der Waals surface area (Å²) >= 11 is 0. The normalized spacial score (nSPS) is 25.4. The van der Waals surface area contributed by atoms with Crippen molar-refractivity contribution < 1.29 is 14.2 Å². The Hall–Kier alpha value is -1.10. The Kier molecular flexibility index (Phi) is 3.43. The zero-order valence-corrected chi connectivity index (χ0v) is 9.60. The fraction of sp³-hybridized carbons (Fsp3) is 0.500. The molecule has 0 atom stereocenters. The van der Waals surface area contributed by atoms with Crippen molar-refractivity contribution in [3.05, 3.63) is 29.3 Å². The van der Waals surface area contributed by atoms with Gasteiger partial charge in [-0.2, -0.15) is 0 Å². The molecule has 88 valence electrons. The zero-order valence-electron chi connectivity index (χ0n) is 9.60. The lowest BCUT2D eigenvalue weighted by molar-refractivity contribution is -0.190. The summed E-state index contributed by atoms with van der Waals surface area (Å²) in [6, 6.07) is 5.90. The average molecular weight is 223 g/mol. The largest absolute Gasteiger partial charge is 0.496 e. The van der Waals surface area contributed by atoms with Gasteiger partial charge < -0.3 is 19.9 Å². The molecule has 0 unspecified atom stereocenters. The van der Waals surface area contributed by atoms with Crippen molar-refractivity contribution >= 4 is 0 Å². The number of hydrogen-bond donors (Lipinski definition) is 1. The van der Waals surface area contributed by atoms with Gasteiger partial charge in [-0.3, -0.25) is 0 Å². The Balaban J connectivity index is 2.21. The Morgan fingerprint density at radius 2 is 2.00 bits per heavy atom. The highest BCUT2D eigenvalue weighted by molar-refractivity contribution is 5.37. The van der Waals surface area contributed by atoms with E-state index >= 15 is 0 Å². The van der Waals surface area contributed by atoms with Gasteiger partial charge in [-0.1, -0.05) is 11.6 Å². The second kappa shape index (κ2) is 4.82. The lowest BCUT2D eigenvalue weighted by atomic mass is 10.1. The molecule has 4 heteroatoms. The predicted octanol–water partition coefficient (Wildman–Crippen LogP) is 1.38. The molecule has 0 bridgehead atoms. The summed E-state index contributed by atoms with van der Waals surface area (Å²) in [5, 5.41) is 0. The van der Waals surface area contributed by atoms with Gasteiger partial charge in [0, 0.05) is 5.56 Å². The van der Waals surface area contributed by atoms with E-state index in [2.05, 4.69) is 0 Å². The molecule has 1 aromatic carbocycles. The first-order valence-electron chi connectivity index (χ1n) is 5.34. The average Bonchev–Trinajstić information content (AvgIpc) is 2.30. The van der Waals surface area contributed by atoms with Crippen LogP contribution in [0.15, 0.2) is 18.2 Å². The molecule has 1 fully saturated rings. The fourth-order valence-electron chi connectivity index (χ4n) is 1.74. The van der Waals surface area contributed by atoms with E-state index in [4.69, 9.17) is 19.9 Å². The van der Waals surface area contributed by atoms with Gasteiger partial charge in [-0.05, 0) is 19.1 Å². The van der Waals surface area contributed by atoms with Crippen LogP contribution in [0.5, 0.6) is 5.75 Å². The number of benzene rings is 1. The monoisotopic (exact) mass is 223 g/mol. The molecule has 2 N–H and O–H groups in total. The molecule has 0 amide bonds. The van der Waals surface area contributed by atoms with E-state index in [1.807, 2.05) is 25.1 Å². The minimum absolute atomic E-state index is 0.0351. The number of nitrogens with two attached hydrogens (primary N) is 1. The smallest absolute Gasteiger partial charge is 0.187 e. The summed E-state index contributed by atoms with van der Waals surface area (Å²) in [5.74, 6) is 0.783. The van der Waals surface area contributed by atoms with Gasteiger partial charge in [0.2, 0.25) is 0 Å². The highest BCUT2D eigenvalue weighted by Crippen LogP contribution is 2.31. The van der Waals surface area contributed by atoms with Crippen LogP contribution >= 0.6 is 0 Å². The maximum absolute atomic E-state index is 5.69. The molecular weight excluding hydrogens is 206 g/mol. The van der Waals surface area contributed by atoms with E-state index in [1.165, 1.54) is 0 Å². The van der Waals surface area contributed by atoms with Crippen LogP contribution in [-0.4, -0.2) is 26.4 Å². The van der Waals surface area contributed by atoms with E-state index in [-0.39, 0.29) is 12.3 Å². The molecule has 16 heavy (non-hydrogen) atoms. The summed E-state index contributed by atoms with van der Waals surface area (Å²) in [5.41, 5.74) is 7.77. The van der Waals surface area contributed by atoms with Crippen LogP contribution in [0.4, 0.5) is 0 Å². The van der Waals surface area contributed by atoms with Gasteiger partial charge in [-0.25, -0.2) is 0 Å². The third kappa shape index (κ3) is 2.35. The minimum atomic E-state index is -0.366. The molecule has 0 saturated carbocycles. The summed E-state index contributed by atoms with van der Waals surface area (Å²) in [7, 11) is 1.64. The molecule has 2 rings (SSSR count). The summed E-state index contributed by atoms with van der Waals surface area (Å²) in [6.07, 6.45) is -0.366.